The summed E-state index contributed by atoms with van der Waals surface area (Å²) >= 11 is 0. The van der Waals surface area contributed by atoms with Crippen LogP contribution >= 0.6 is 0 Å². The average Bonchev–Trinajstić information content (AvgIpc) is 3.54. The number of nitrogens with two attached hydrogens (primary N) is 1. The molecule has 180 valence electrons. The molecule has 0 saturated heterocycles. The summed E-state index contributed by atoms with van der Waals surface area (Å²) in [5.41, 5.74) is 10.5. The number of nitriles is 1. The molecule has 2 aromatic heterocycles. The van der Waals surface area contributed by atoms with Crippen LogP contribution < -0.4 is 16.0 Å². The number of aromatic nitrogens is 3. The number of carbonyl (C=O) groups is 2. The Morgan fingerprint density at radius 3 is 2.50 bits per heavy atom. The Bertz CT molecular complexity index is 1470. The summed E-state index contributed by atoms with van der Waals surface area (Å²) in [6.07, 6.45) is 7.63. The van der Waals surface area contributed by atoms with Gasteiger partial charge in [0.1, 0.15) is 5.69 Å². The lowest BCUT2D eigenvalue weighted by Gasteiger charge is -2.17. The van der Waals surface area contributed by atoms with Crippen LogP contribution in [0, 0.1) is 17.2 Å². The summed E-state index contributed by atoms with van der Waals surface area (Å²) in [4.78, 5) is 35.8. The number of nitrogens with zero attached hydrogens (tertiary/aromatic N) is 5. The van der Waals surface area contributed by atoms with Crippen LogP contribution in [0.4, 0.5) is 11.4 Å². The second-order valence-electron chi connectivity index (χ2n) is 8.93. The normalized spacial score (nSPS) is 17.0. The van der Waals surface area contributed by atoms with E-state index in [2.05, 4.69) is 21.4 Å². The zero-order valence-electron chi connectivity index (χ0n) is 19.8. The minimum Gasteiger partial charge on any atom is -0.327 e. The van der Waals surface area contributed by atoms with Gasteiger partial charge in [0.25, 0.3) is 5.91 Å². The molecule has 2 amide bonds. The molecule has 1 aliphatic rings. The Hall–Kier alpha value is -4.55. The molecule has 3 N–H and O–H groups in total. The van der Waals surface area contributed by atoms with Gasteiger partial charge in [0.15, 0.2) is 5.65 Å². The van der Waals surface area contributed by atoms with E-state index >= 15 is 0 Å². The molecule has 2 aromatic carbocycles. The third kappa shape index (κ3) is 4.42. The van der Waals surface area contributed by atoms with Crippen LogP contribution in [0.3, 0.4) is 0 Å². The van der Waals surface area contributed by atoms with Gasteiger partial charge in [-0.1, -0.05) is 18.6 Å². The maximum atomic E-state index is 13.1. The number of imidazole rings is 1. The molecule has 0 radical (unpaired) electrons. The zero-order valence-corrected chi connectivity index (χ0v) is 19.8. The van der Waals surface area contributed by atoms with Crippen LogP contribution in [-0.4, -0.2) is 39.3 Å². The fourth-order valence-electron chi connectivity index (χ4n) is 4.54. The van der Waals surface area contributed by atoms with Crippen molar-refractivity contribution < 1.29 is 9.59 Å². The number of hydrogen-bond acceptors (Lipinski definition) is 6. The minimum absolute atomic E-state index is 0.0387. The number of anilines is 2. The number of rotatable bonds is 5. The highest BCUT2D eigenvalue weighted by molar-refractivity contribution is 6.04. The van der Waals surface area contributed by atoms with Crippen LogP contribution in [0.5, 0.6) is 0 Å². The number of benzene rings is 2. The molecule has 1 saturated carbocycles. The van der Waals surface area contributed by atoms with Gasteiger partial charge in [-0.15, -0.1) is 0 Å². The van der Waals surface area contributed by atoms with Gasteiger partial charge < -0.3 is 16.0 Å². The summed E-state index contributed by atoms with van der Waals surface area (Å²) in [7, 11) is 1.66. The third-order valence-electron chi connectivity index (χ3n) is 6.66. The molecular formula is C27H25N7O2. The molecule has 0 aliphatic heterocycles. The Morgan fingerprint density at radius 2 is 1.83 bits per heavy atom. The quantitative estimate of drug-likeness (QED) is 0.450. The SMILES string of the molecule is CN(C(=O)c1cn2c(-c3ccc(NC(=O)C4CCCC4N)cc3)cnc2cn1)c1ccc(C#N)cc1. The zero-order chi connectivity index (χ0) is 25.2. The van der Waals surface area contributed by atoms with E-state index in [4.69, 9.17) is 11.0 Å². The van der Waals surface area contributed by atoms with Gasteiger partial charge in [0.2, 0.25) is 5.91 Å². The van der Waals surface area contributed by atoms with Gasteiger partial charge in [-0.3, -0.25) is 14.0 Å². The predicted molar refractivity (Wildman–Crippen MR) is 136 cm³/mol. The monoisotopic (exact) mass is 479 g/mol. The average molecular weight is 480 g/mol. The first kappa shape index (κ1) is 23.2. The lowest BCUT2D eigenvalue weighted by atomic mass is 10.0. The lowest BCUT2D eigenvalue weighted by Crippen LogP contribution is -2.34. The molecule has 0 spiro atoms. The maximum absolute atomic E-state index is 13.1. The van der Waals surface area contributed by atoms with Gasteiger partial charge >= 0.3 is 0 Å². The Balaban J connectivity index is 1.36. The molecule has 0 bridgehead atoms. The van der Waals surface area contributed by atoms with E-state index in [1.165, 1.54) is 4.90 Å². The lowest BCUT2D eigenvalue weighted by molar-refractivity contribution is -0.120. The van der Waals surface area contributed by atoms with E-state index in [0.29, 0.717) is 22.6 Å². The van der Waals surface area contributed by atoms with Gasteiger partial charge in [-0.05, 0) is 49.2 Å². The van der Waals surface area contributed by atoms with Crippen molar-refractivity contribution in [2.45, 2.75) is 25.3 Å². The minimum atomic E-state index is -0.288. The van der Waals surface area contributed by atoms with Crippen molar-refractivity contribution in [2.75, 3.05) is 17.3 Å². The molecule has 2 unspecified atom stereocenters. The van der Waals surface area contributed by atoms with Crippen LogP contribution in [0.15, 0.2) is 67.1 Å². The number of fused-ring (bicyclic) bond motifs is 1. The number of carbonyl (C=O) groups excluding carboxylic acids is 2. The molecule has 4 aromatic rings. The van der Waals surface area contributed by atoms with E-state index in [-0.39, 0.29) is 29.5 Å². The molecule has 1 fully saturated rings. The summed E-state index contributed by atoms with van der Waals surface area (Å²) < 4.78 is 1.82. The highest BCUT2D eigenvalue weighted by Crippen LogP contribution is 2.27. The van der Waals surface area contributed by atoms with Crippen molar-refractivity contribution in [2.24, 2.45) is 11.7 Å². The van der Waals surface area contributed by atoms with Crippen LogP contribution in [0.2, 0.25) is 0 Å². The van der Waals surface area contributed by atoms with Crippen LogP contribution in [-0.2, 0) is 4.79 Å². The van der Waals surface area contributed by atoms with E-state index in [9.17, 15) is 9.59 Å². The Labute approximate surface area is 208 Å². The first-order valence-electron chi connectivity index (χ1n) is 11.7. The van der Waals surface area contributed by atoms with Crippen molar-refractivity contribution in [3.63, 3.8) is 0 Å². The largest absolute Gasteiger partial charge is 0.327 e. The van der Waals surface area contributed by atoms with Crippen molar-refractivity contribution in [3.05, 3.63) is 78.4 Å². The molecule has 9 heteroatoms. The molecule has 36 heavy (non-hydrogen) atoms. The fraction of sp³-hybridized carbons (Fsp3) is 0.222. The summed E-state index contributed by atoms with van der Waals surface area (Å²) in [5, 5.41) is 12.0. The predicted octanol–water partition coefficient (Wildman–Crippen LogP) is 3.61. The second kappa shape index (κ2) is 9.60. The van der Waals surface area contributed by atoms with Crippen molar-refractivity contribution >= 4 is 28.8 Å². The van der Waals surface area contributed by atoms with Crippen molar-refractivity contribution in [3.8, 4) is 17.3 Å². The highest BCUT2D eigenvalue weighted by atomic mass is 16.2. The molecular weight excluding hydrogens is 454 g/mol. The number of hydrogen-bond donors (Lipinski definition) is 2. The first-order chi connectivity index (χ1) is 17.4. The molecule has 2 atom stereocenters. The van der Waals surface area contributed by atoms with Crippen LogP contribution in [0.25, 0.3) is 16.9 Å². The van der Waals surface area contributed by atoms with Gasteiger partial charge in [-0.25, -0.2) is 9.97 Å². The standard InChI is InChI=1S/C27H25N7O2/c1-33(20-11-5-17(13-28)6-12-20)27(36)23-16-34-24(14-31-25(34)15-30-23)18-7-9-19(10-8-18)32-26(35)21-3-2-4-22(21)29/h5-12,14-16,21-22H,2-4,29H2,1H3,(H,32,35). The maximum Gasteiger partial charge on any atom is 0.278 e. The smallest absolute Gasteiger partial charge is 0.278 e. The van der Waals surface area contributed by atoms with Crippen molar-refractivity contribution in [1.29, 1.82) is 5.26 Å². The molecule has 2 heterocycles. The van der Waals surface area contributed by atoms with E-state index in [1.807, 2.05) is 28.7 Å². The Morgan fingerprint density at radius 1 is 1.08 bits per heavy atom. The molecule has 1 aliphatic carbocycles. The second-order valence-corrected chi connectivity index (χ2v) is 8.93. The molecule has 9 nitrogen and oxygen atoms in total. The van der Waals surface area contributed by atoms with E-state index in [0.717, 1.165) is 30.5 Å². The van der Waals surface area contributed by atoms with E-state index in [1.54, 1.807) is 49.9 Å². The van der Waals surface area contributed by atoms with Gasteiger partial charge in [0.05, 0.1) is 35.6 Å². The van der Waals surface area contributed by atoms with E-state index < -0.39 is 0 Å². The summed E-state index contributed by atoms with van der Waals surface area (Å²) in [6, 6.07) is 16.3. The van der Waals surface area contributed by atoms with Crippen molar-refractivity contribution in [1.82, 2.24) is 14.4 Å². The van der Waals surface area contributed by atoms with Gasteiger partial charge in [-0.2, -0.15) is 5.26 Å². The van der Waals surface area contributed by atoms with Crippen LogP contribution in [0.1, 0.15) is 35.3 Å². The third-order valence-corrected chi connectivity index (χ3v) is 6.66. The fourth-order valence-corrected chi connectivity index (χ4v) is 4.54. The molecule has 5 rings (SSSR count). The summed E-state index contributed by atoms with van der Waals surface area (Å²) in [6.45, 7) is 0. The topological polar surface area (TPSA) is 129 Å². The number of amides is 2. The highest BCUT2D eigenvalue weighted by Gasteiger charge is 2.30. The number of nitrogens with one attached hydrogen (secondary N) is 1. The first-order valence-corrected chi connectivity index (χ1v) is 11.7. The van der Waals surface area contributed by atoms with Gasteiger partial charge in [0, 0.05) is 36.2 Å². The Kier molecular flexibility index (Phi) is 6.19. The summed E-state index contributed by atoms with van der Waals surface area (Å²) in [5.74, 6) is -0.470.